The summed E-state index contributed by atoms with van der Waals surface area (Å²) in [5, 5.41) is 4.36. The Morgan fingerprint density at radius 3 is 2.41 bits per heavy atom. The summed E-state index contributed by atoms with van der Waals surface area (Å²) in [6.07, 6.45) is 2.01. The summed E-state index contributed by atoms with van der Waals surface area (Å²) >= 11 is 0. The maximum Gasteiger partial charge on any atom is 0.243 e. The molecule has 1 aromatic heterocycles. The van der Waals surface area contributed by atoms with Crippen molar-refractivity contribution in [3.63, 3.8) is 0 Å². The van der Waals surface area contributed by atoms with Crippen LogP contribution in [0.1, 0.15) is 38.6 Å². The summed E-state index contributed by atoms with van der Waals surface area (Å²) < 4.78 is 39.3. The molecule has 1 N–H and O–H groups in total. The molecule has 1 atom stereocenters. The Bertz CT molecular complexity index is 1570. The lowest BCUT2D eigenvalue weighted by molar-refractivity contribution is 0.141. The maximum atomic E-state index is 13.3. The Morgan fingerprint density at radius 2 is 1.68 bits per heavy atom. The Morgan fingerprint density at radius 1 is 0.927 bits per heavy atom. The number of anilines is 2. The van der Waals surface area contributed by atoms with Gasteiger partial charge in [0.05, 0.1) is 30.2 Å². The van der Waals surface area contributed by atoms with Crippen LogP contribution in [-0.2, 0) is 10.0 Å². The SMILES string of the molecule is CCCCOc1ccc(S(=O)(=O)N2CCN([C@H](C)c3nc(Nc4cccc(OC)c4)c4ccccc4n3)CC2)cc1. The van der Waals surface area contributed by atoms with E-state index in [4.69, 9.17) is 19.4 Å². The van der Waals surface area contributed by atoms with Crippen molar-refractivity contribution in [1.82, 2.24) is 19.2 Å². The Balaban J connectivity index is 1.29. The van der Waals surface area contributed by atoms with Gasteiger partial charge in [0.1, 0.15) is 23.1 Å². The molecule has 9 nitrogen and oxygen atoms in total. The fourth-order valence-corrected chi connectivity index (χ4v) is 6.32. The minimum atomic E-state index is -3.59. The summed E-state index contributed by atoms with van der Waals surface area (Å²) in [5.41, 5.74) is 1.71. The number of fused-ring (bicyclic) bond motifs is 1. The third-order valence-corrected chi connectivity index (χ3v) is 9.29. The number of nitrogens with zero attached hydrogens (tertiary/aromatic N) is 4. The molecule has 1 aliphatic rings. The lowest BCUT2D eigenvalue weighted by Crippen LogP contribution is -2.49. The van der Waals surface area contributed by atoms with Gasteiger partial charge in [-0.25, -0.2) is 18.4 Å². The fourth-order valence-electron chi connectivity index (χ4n) is 4.90. The van der Waals surface area contributed by atoms with E-state index in [0.29, 0.717) is 50.2 Å². The summed E-state index contributed by atoms with van der Waals surface area (Å²) in [7, 11) is -1.95. The van der Waals surface area contributed by atoms with E-state index in [9.17, 15) is 8.42 Å². The number of aromatic nitrogens is 2. The molecule has 216 valence electrons. The Hall–Kier alpha value is -3.73. The summed E-state index contributed by atoms with van der Waals surface area (Å²) in [5.74, 6) is 2.84. The maximum absolute atomic E-state index is 13.3. The van der Waals surface area contributed by atoms with Crippen LogP contribution in [0.25, 0.3) is 10.9 Å². The molecule has 0 spiro atoms. The zero-order chi connectivity index (χ0) is 28.8. The number of sulfonamides is 1. The zero-order valence-electron chi connectivity index (χ0n) is 23.8. The average molecular weight is 576 g/mol. The van der Waals surface area contributed by atoms with Gasteiger partial charge in [-0.15, -0.1) is 0 Å². The van der Waals surface area contributed by atoms with Crippen molar-refractivity contribution in [3.8, 4) is 11.5 Å². The molecule has 10 heteroatoms. The van der Waals surface area contributed by atoms with Crippen molar-refractivity contribution in [2.24, 2.45) is 0 Å². The molecular weight excluding hydrogens is 538 g/mol. The second kappa shape index (κ2) is 12.8. The van der Waals surface area contributed by atoms with Gasteiger partial charge in [0.2, 0.25) is 10.0 Å². The number of hydrogen-bond donors (Lipinski definition) is 1. The normalized spacial score (nSPS) is 15.5. The third-order valence-electron chi connectivity index (χ3n) is 7.38. The van der Waals surface area contributed by atoms with Gasteiger partial charge in [-0.05, 0) is 61.9 Å². The van der Waals surface area contributed by atoms with Gasteiger partial charge in [-0.1, -0.05) is 31.5 Å². The molecule has 0 amide bonds. The van der Waals surface area contributed by atoms with Gasteiger partial charge in [-0.2, -0.15) is 4.31 Å². The molecule has 1 fully saturated rings. The molecule has 41 heavy (non-hydrogen) atoms. The number of ether oxygens (including phenoxy) is 2. The summed E-state index contributed by atoms with van der Waals surface area (Å²) in [6.45, 7) is 6.74. The van der Waals surface area contributed by atoms with E-state index in [1.807, 2.05) is 48.5 Å². The molecule has 2 heterocycles. The highest BCUT2D eigenvalue weighted by molar-refractivity contribution is 7.89. The van der Waals surface area contributed by atoms with Gasteiger partial charge < -0.3 is 14.8 Å². The van der Waals surface area contributed by atoms with Crippen molar-refractivity contribution >= 4 is 32.4 Å². The molecule has 1 aliphatic heterocycles. The van der Waals surface area contributed by atoms with Crippen molar-refractivity contribution in [2.75, 3.05) is 45.2 Å². The predicted octanol–water partition coefficient (Wildman–Crippen LogP) is 5.63. The largest absolute Gasteiger partial charge is 0.497 e. The van der Waals surface area contributed by atoms with Crippen LogP contribution in [0.4, 0.5) is 11.5 Å². The topological polar surface area (TPSA) is 96.9 Å². The minimum absolute atomic E-state index is 0.102. The van der Waals surface area contributed by atoms with E-state index < -0.39 is 10.0 Å². The van der Waals surface area contributed by atoms with Crippen LogP contribution < -0.4 is 14.8 Å². The molecule has 5 rings (SSSR count). The van der Waals surface area contributed by atoms with Crippen LogP contribution in [0.2, 0.25) is 0 Å². The highest BCUT2D eigenvalue weighted by Gasteiger charge is 2.31. The standard InChI is InChI=1S/C31H37N5O4S/c1-4-5-21-40-25-13-15-27(16-14-25)41(37,38)36-19-17-35(18-20-36)23(2)30-33-29-12-7-6-11-28(29)31(34-30)32-24-9-8-10-26(22-24)39-3/h6-16,22-23H,4-5,17-21H2,1-3H3,(H,32,33,34)/t23-/m1/s1. The second-order valence-electron chi connectivity index (χ2n) is 10.1. The monoisotopic (exact) mass is 575 g/mol. The molecule has 3 aromatic carbocycles. The molecule has 0 aliphatic carbocycles. The van der Waals surface area contributed by atoms with Gasteiger partial charge in [0, 0.05) is 43.3 Å². The van der Waals surface area contributed by atoms with Gasteiger partial charge >= 0.3 is 0 Å². The number of para-hydroxylation sites is 1. The molecule has 1 saturated heterocycles. The fraction of sp³-hybridized carbons (Fsp3) is 0.355. The Kier molecular flexibility index (Phi) is 9.02. The zero-order valence-corrected chi connectivity index (χ0v) is 24.6. The number of rotatable bonds is 11. The number of benzene rings is 3. The quantitative estimate of drug-likeness (QED) is 0.230. The predicted molar refractivity (Wildman–Crippen MR) is 161 cm³/mol. The van der Waals surface area contributed by atoms with E-state index in [-0.39, 0.29) is 10.9 Å². The lowest BCUT2D eigenvalue weighted by atomic mass is 10.2. The molecule has 0 unspecified atom stereocenters. The van der Waals surface area contributed by atoms with E-state index in [2.05, 4.69) is 24.1 Å². The Labute approximate surface area is 242 Å². The van der Waals surface area contributed by atoms with Gasteiger partial charge in [-0.3, -0.25) is 4.90 Å². The van der Waals surface area contributed by atoms with Gasteiger partial charge in [0.25, 0.3) is 0 Å². The van der Waals surface area contributed by atoms with E-state index in [0.717, 1.165) is 35.2 Å². The van der Waals surface area contributed by atoms with E-state index in [1.54, 1.807) is 35.7 Å². The van der Waals surface area contributed by atoms with E-state index in [1.165, 1.54) is 0 Å². The van der Waals surface area contributed by atoms with Crippen molar-refractivity contribution in [2.45, 2.75) is 37.6 Å². The summed E-state index contributed by atoms with van der Waals surface area (Å²) in [4.78, 5) is 12.3. The third kappa shape index (κ3) is 6.61. The van der Waals surface area contributed by atoms with Crippen molar-refractivity contribution in [1.29, 1.82) is 0 Å². The van der Waals surface area contributed by atoms with Crippen LogP contribution in [0, 0.1) is 0 Å². The minimum Gasteiger partial charge on any atom is -0.497 e. The van der Waals surface area contributed by atoms with Crippen LogP contribution >= 0.6 is 0 Å². The highest BCUT2D eigenvalue weighted by atomic mass is 32.2. The number of hydrogen-bond acceptors (Lipinski definition) is 8. The van der Waals surface area contributed by atoms with Crippen molar-refractivity contribution in [3.05, 3.63) is 78.6 Å². The van der Waals surface area contributed by atoms with Gasteiger partial charge in [0.15, 0.2) is 0 Å². The molecule has 4 aromatic rings. The number of unbranched alkanes of at least 4 members (excludes halogenated alkanes) is 1. The average Bonchev–Trinajstić information content (AvgIpc) is 3.01. The first-order valence-corrected chi connectivity index (χ1v) is 15.5. The highest BCUT2D eigenvalue weighted by Crippen LogP contribution is 2.29. The van der Waals surface area contributed by atoms with Crippen LogP contribution in [-0.4, -0.2) is 67.5 Å². The molecular formula is C31H37N5O4S. The van der Waals surface area contributed by atoms with E-state index >= 15 is 0 Å². The van der Waals surface area contributed by atoms with Crippen LogP contribution in [0.3, 0.4) is 0 Å². The molecule has 0 bridgehead atoms. The van der Waals surface area contributed by atoms with Crippen molar-refractivity contribution < 1.29 is 17.9 Å². The van der Waals surface area contributed by atoms with Crippen LogP contribution in [0.15, 0.2) is 77.7 Å². The first-order chi connectivity index (χ1) is 19.9. The molecule has 0 saturated carbocycles. The number of nitrogens with one attached hydrogen (secondary N) is 1. The lowest BCUT2D eigenvalue weighted by Gasteiger charge is -2.36. The number of methoxy groups -OCH3 is 1. The first kappa shape index (κ1) is 28.8. The second-order valence-corrected chi connectivity index (χ2v) is 12.0. The van der Waals surface area contributed by atoms with Crippen LogP contribution in [0.5, 0.6) is 11.5 Å². The molecule has 0 radical (unpaired) electrons. The first-order valence-electron chi connectivity index (χ1n) is 14.0. The smallest absolute Gasteiger partial charge is 0.243 e. The number of piperazine rings is 1. The summed E-state index contributed by atoms with van der Waals surface area (Å²) in [6, 6.07) is 22.3.